The Kier molecular flexibility index (Phi) is 3.38. The summed E-state index contributed by atoms with van der Waals surface area (Å²) in [4.78, 5) is 0. The van der Waals surface area contributed by atoms with Crippen molar-refractivity contribution in [1.82, 2.24) is 0 Å². The molecule has 5 rings (SSSR count). The van der Waals surface area contributed by atoms with Crippen LogP contribution in [0.5, 0.6) is 0 Å². The van der Waals surface area contributed by atoms with E-state index in [4.69, 9.17) is 0 Å². The Morgan fingerprint density at radius 2 is 1.60 bits per heavy atom. The quantitative estimate of drug-likeness (QED) is 0.545. The molecule has 2 aromatic rings. The average Bonchev–Trinajstić information content (AvgIpc) is 3.20. The number of benzene rings is 2. The molecule has 0 unspecified atom stereocenters. The molecule has 0 amide bonds. The first-order chi connectivity index (χ1) is 12.0. The van der Waals surface area contributed by atoms with Crippen LogP contribution in [0.25, 0.3) is 0 Å². The number of fused-ring (bicyclic) bond motifs is 6. The molecule has 1 saturated carbocycles. The summed E-state index contributed by atoms with van der Waals surface area (Å²) in [6.45, 7) is 7.71. The summed E-state index contributed by atoms with van der Waals surface area (Å²) in [6, 6.07) is 20.4. The lowest BCUT2D eigenvalue weighted by molar-refractivity contribution is 0.609. The summed E-state index contributed by atoms with van der Waals surface area (Å²) in [5.74, 6) is 1.67. The Balaban J connectivity index is 1.69. The van der Waals surface area contributed by atoms with Gasteiger partial charge >= 0.3 is 0 Å². The van der Waals surface area contributed by atoms with Gasteiger partial charge in [-0.15, -0.1) is 0 Å². The molecule has 1 heterocycles. The third kappa shape index (κ3) is 2.05. The molecule has 0 aromatic heterocycles. The number of rotatable bonds is 1. The SMILES string of the molecule is CC(C)(C)[Si@]1([C@@H]2C[C@@H]3C[C@H]2c2ccccc23)CCCc2ccccc21. The van der Waals surface area contributed by atoms with Gasteiger partial charge in [0.2, 0.25) is 0 Å². The van der Waals surface area contributed by atoms with Gasteiger partial charge in [0.05, 0.1) is 8.07 Å². The van der Waals surface area contributed by atoms with Gasteiger partial charge in [-0.2, -0.15) is 0 Å². The predicted octanol–water partition coefficient (Wildman–Crippen LogP) is 6.13. The maximum Gasteiger partial charge on any atom is 0.0960 e. The van der Waals surface area contributed by atoms with Gasteiger partial charge in [-0.3, -0.25) is 0 Å². The Morgan fingerprint density at radius 1 is 0.880 bits per heavy atom. The van der Waals surface area contributed by atoms with Crippen molar-refractivity contribution in [3.05, 3.63) is 65.2 Å². The lowest BCUT2D eigenvalue weighted by atomic mass is 9.91. The summed E-state index contributed by atoms with van der Waals surface area (Å²) < 4.78 is 0. The molecule has 0 spiro atoms. The highest BCUT2D eigenvalue weighted by atomic mass is 28.3. The third-order valence-corrected chi connectivity index (χ3v) is 15.1. The zero-order valence-corrected chi connectivity index (χ0v) is 16.9. The highest BCUT2D eigenvalue weighted by Gasteiger charge is 2.59. The fourth-order valence-corrected chi connectivity index (χ4v) is 14.3. The zero-order chi connectivity index (χ0) is 17.2. The molecule has 0 radical (unpaired) electrons. The maximum atomic E-state index is 2.57. The molecule has 0 N–H and O–H groups in total. The van der Waals surface area contributed by atoms with Crippen LogP contribution in [-0.2, 0) is 6.42 Å². The smallest absolute Gasteiger partial charge is 0.0627 e. The van der Waals surface area contributed by atoms with Crippen LogP contribution in [0.4, 0.5) is 0 Å². The first-order valence-electron chi connectivity index (χ1n) is 10.2. The molecular weight excluding hydrogens is 316 g/mol. The second-order valence-electron chi connectivity index (χ2n) is 9.74. The standard InChI is InChI=1S/C24H30Si/c1-24(2,3)25(14-8-10-17-9-4-7-13-22(17)25)23-16-18-15-21(23)20-12-6-5-11-19(18)20/h4-7,9,11-13,18,21,23H,8,10,14-16H2,1-3H3/t18-,21-,23+,25+/m0/s1. The van der Waals surface area contributed by atoms with Crippen LogP contribution in [0.15, 0.2) is 48.5 Å². The van der Waals surface area contributed by atoms with Crippen LogP contribution in [0.2, 0.25) is 16.6 Å². The molecule has 0 saturated heterocycles. The van der Waals surface area contributed by atoms with Crippen molar-refractivity contribution in [2.75, 3.05) is 0 Å². The highest BCUT2D eigenvalue weighted by Crippen LogP contribution is 2.66. The van der Waals surface area contributed by atoms with E-state index in [0.29, 0.717) is 5.04 Å². The molecule has 1 heteroatoms. The first kappa shape index (κ1) is 15.9. The van der Waals surface area contributed by atoms with Crippen LogP contribution >= 0.6 is 0 Å². The number of aryl methyl sites for hydroxylation is 1. The Morgan fingerprint density at radius 3 is 2.40 bits per heavy atom. The van der Waals surface area contributed by atoms with Gasteiger partial charge in [-0.25, -0.2) is 0 Å². The first-order valence-corrected chi connectivity index (χ1v) is 12.5. The molecule has 4 atom stereocenters. The maximum absolute atomic E-state index is 2.57. The van der Waals surface area contributed by atoms with E-state index in [-0.39, 0.29) is 0 Å². The van der Waals surface area contributed by atoms with Crippen LogP contribution < -0.4 is 5.19 Å². The van der Waals surface area contributed by atoms with Gasteiger partial charge in [-0.05, 0) is 58.4 Å². The van der Waals surface area contributed by atoms with Gasteiger partial charge in [0.25, 0.3) is 0 Å². The topological polar surface area (TPSA) is 0 Å². The largest absolute Gasteiger partial charge is 0.0960 e. The molecule has 130 valence electrons. The van der Waals surface area contributed by atoms with Gasteiger partial charge in [0.1, 0.15) is 0 Å². The molecule has 25 heavy (non-hydrogen) atoms. The van der Waals surface area contributed by atoms with Crippen LogP contribution in [0.1, 0.15) is 68.6 Å². The number of hydrogen-bond donors (Lipinski definition) is 0. The Hall–Kier alpha value is -1.34. The minimum absolute atomic E-state index is 0.438. The van der Waals surface area contributed by atoms with E-state index in [1.807, 2.05) is 5.19 Å². The number of hydrogen-bond acceptors (Lipinski definition) is 0. The van der Waals surface area contributed by atoms with E-state index in [9.17, 15) is 0 Å². The van der Waals surface area contributed by atoms with Crippen molar-refractivity contribution in [2.45, 2.75) is 74.9 Å². The molecule has 2 bridgehead atoms. The van der Waals surface area contributed by atoms with E-state index in [1.54, 1.807) is 16.7 Å². The molecule has 2 aromatic carbocycles. The molecule has 3 aliphatic rings. The summed E-state index contributed by atoms with van der Waals surface area (Å²) in [6.07, 6.45) is 5.60. The monoisotopic (exact) mass is 346 g/mol. The second-order valence-corrected chi connectivity index (χ2v) is 15.0. The summed E-state index contributed by atoms with van der Waals surface area (Å²) in [5.41, 5.74) is 6.02. The van der Waals surface area contributed by atoms with Crippen molar-refractivity contribution in [3.8, 4) is 0 Å². The third-order valence-electron chi connectivity index (χ3n) is 7.88. The van der Waals surface area contributed by atoms with E-state index in [0.717, 1.165) is 17.4 Å². The van der Waals surface area contributed by atoms with Crippen molar-refractivity contribution < 1.29 is 0 Å². The Bertz CT molecular complexity index is 815. The van der Waals surface area contributed by atoms with Gasteiger partial charge < -0.3 is 0 Å². The molecule has 0 nitrogen and oxygen atoms in total. The van der Waals surface area contributed by atoms with E-state index < -0.39 is 8.07 Å². The zero-order valence-electron chi connectivity index (χ0n) is 15.9. The predicted molar refractivity (Wildman–Crippen MR) is 110 cm³/mol. The molecule has 2 aliphatic carbocycles. The van der Waals surface area contributed by atoms with Crippen molar-refractivity contribution in [3.63, 3.8) is 0 Å². The minimum atomic E-state index is -1.59. The second kappa shape index (κ2) is 5.33. The van der Waals surface area contributed by atoms with Crippen molar-refractivity contribution in [1.29, 1.82) is 0 Å². The summed E-state index contributed by atoms with van der Waals surface area (Å²) >= 11 is 0. The fourth-order valence-electron chi connectivity index (χ4n) is 6.99. The van der Waals surface area contributed by atoms with Crippen LogP contribution in [0.3, 0.4) is 0 Å². The van der Waals surface area contributed by atoms with Gasteiger partial charge in [0, 0.05) is 0 Å². The van der Waals surface area contributed by atoms with E-state index >= 15 is 0 Å². The van der Waals surface area contributed by atoms with E-state index in [2.05, 4.69) is 69.3 Å². The lowest BCUT2D eigenvalue weighted by Gasteiger charge is -2.53. The van der Waals surface area contributed by atoms with Crippen LogP contribution in [-0.4, -0.2) is 8.07 Å². The molecule has 1 aliphatic heterocycles. The fraction of sp³-hybridized carbons (Fsp3) is 0.500. The van der Waals surface area contributed by atoms with E-state index in [1.165, 1.54) is 31.7 Å². The summed E-state index contributed by atoms with van der Waals surface area (Å²) in [5, 5.41) is 2.26. The minimum Gasteiger partial charge on any atom is -0.0627 e. The normalized spacial score (nSPS) is 33.2. The molecule has 1 fully saturated rings. The lowest BCUT2D eigenvalue weighted by Crippen LogP contribution is -2.61. The molecular formula is C24H30Si. The van der Waals surface area contributed by atoms with Crippen molar-refractivity contribution >= 4 is 13.3 Å². The Labute approximate surface area is 153 Å². The van der Waals surface area contributed by atoms with Crippen LogP contribution in [0, 0.1) is 0 Å². The average molecular weight is 347 g/mol. The summed E-state index contributed by atoms with van der Waals surface area (Å²) in [7, 11) is -1.59. The van der Waals surface area contributed by atoms with Gasteiger partial charge in [0.15, 0.2) is 0 Å². The van der Waals surface area contributed by atoms with Crippen molar-refractivity contribution in [2.24, 2.45) is 0 Å². The highest BCUT2D eigenvalue weighted by molar-refractivity contribution is 6.96. The van der Waals surface area contributed by atoms with Gasteiger partial charge in [-0.1, -0.05) is 87.0 Å².